The maximum atomic E-state index is 13.6. The minimum Gasteiger partial charge on any atom is -0.342 e. The topological polar surface area (TPSA) is 50.5 Å². The lowest BCUT2D eigenvalue weighted by molar-refractivity contribution is -0.143. The van der Waals surface area contributed by atoms with Crippen LogP contribution in [0.2, 0.25) is 0 Å². The molecule has 1 amide bonds. The van der Waals surface area contributed by atoms with Gasteiger partial charge in [0.2, 0.25) is 5.91 Å². The molecule has 1 atom stereocenters. The van der Waals surface area contributed by atoms with Gasteiger partial charge >= 0.3 is 6.18 Å². The zero-order valence-corrected chi connectivity index (χ0v) is 16.0. The number of likely N-dealkylation sites (tertiary alicyclic amines) is 1. The number of rotatable bonds is 3. The Morgan fingerprint density at radius 1 is 1.18 bits per heavy atom. The van der Waals surface area contributed by atoms with Crippen LogP contribution in [-0.4, -0.2) is 38.5 Å². The van der Waals surface area contributed by atoms with Gasteiger partial charge in [-0.1, -0.05) is 12.8 Å². The van der Waals surface area contributed by atoms with Crippen molar-refractivity contribution in [2.75, 3.05) is 13.1 Å². The Bertz CT molecular complexity index is 870. The molecule has 0 aromatic carbocycles. The number of carbonyl (C=O) groups is 1. The fraction of sp³-hybridized carbons (Fsp3) is 0.650. The molecule has 1 unspecified atom stereocenters. The fourth-order valence-electron chi connectivity index (χ4n) is 4.56. The van der Waals surface area contributed by atoms with Crippen molar-refractivity contribution in [1.29, 1.82) is 0 Å². The van der Waals surface area contributed by atoms with E-state index >= 15 is 0 Å². The molecule has 152 valence electrons. The third-order valence-corrected chi connectivity index (χ3v) is 5.99. The van der Waals surface area contributed by atoms with Gasteiger partial charge < -0.3 is 4.90 Å². The summed E-state index contributed by atoms with van der Waals surface area (Å²) in [6, 6.07) is 2.67. The molecular formula is C20H25F3N4O. The zero-order chi connectivity index (χ0) is 19.9. The number of aryl methyl sites for hydroxylation is 1. The largest absolute Gasteiger partial charge is 0.433 e. The number of piperidine rings is 1. The van der Waals surface area contributed by atoms with Gasteiger partial charge in [0.1, 0.15) is 5.69 Å². The molecule has 1 aliphatic heterocycles. The predicted molar refractivity (Wildman–Crippen MR) is 97.9 cm³/mol. The Labute approximate surface area is 161 Å². The van der Waals surface area contributed by atoms with E-state index in [9.17, 15) is 18.0 Å². The highest BCUT2D eigenvalue weighted by molar-refractivity contribution is 5.76. The minimum absolute atomic E-state index is 0.133. The molecule has 0 bridgehead atoms. The summed E-state index contributed by atoms with van der Waals surface area (Å²) in [6.07, 6.45) is 2.17. The van der Waals surface area contributed by atoms with E-state index < -0.39 is 11.9 Å². The third-order valence-electron chi connectivity index (χ3n) is 5.99. The normalized spacial score (nSPS) is 21.6. The summed E-state index contributed by atoms with van der Waals surface area (Å²) in [6.45, 7) is 2.78. The molecule has 1 saturated heterocycles. The third kappa shape index (κ3) is 3.86. The van der Waals surface area contributed by atoms with Gasteiger partial charge in [-0.25, -0.2) is 9.50 Å². The second-order valence-electron chi connectivity index (χ2n) is 8.15. The van der Waals surface area contributed by atoms with Gasteiger partial charge in [-0.05, 0) is 44.6 Å². The number of fused-ring (bicyclic) bond motifs is 1. The van der Waals surface area contributed by atoms with Crippen LogP contribution in [0.1, 0.15) is 67.9 Å². The van der Waals surface area contributed by atoms with Crippen LogP contribution in [-0.2, 0) is 11.0 Å². The Balaban J connectivity index is 1.57. The fourth-order valence-corrected chi connectivity index (χ4v) is 4.56. The molecule has 0 N–H and O–H groups in total. The number of aromatic nitrogens is 3. The molecule has 0 radical (unpaired) electrons. The Morgan fingerprint density at radius 3 is 2.64 bits per heavy atom. The van der Waals surface area contributed by atoms with E-state index in [0.717, 1.165) is 36.3 Å². The smallest absolute Gasteiger partial charge is 0.342 e. The molecule has 0 spiro atoms. The van der Waals surface area contributed by atoms with Gasteiger partial charge in [-0.2, -0.15) is 18.3 Å². The van der Waals surface area contributed by atoms with Crippen molar-refractivity contribution in [3.63, 3.8) is 0 Å². The van der Waals surface area contributed by atoms with Crippen LogP contribution in [0.15, 0.2) is 12.1 Å². The first-order chi connectivity index (χ1) is 13.3. The van der Waals surface area contributed by atoms with Crippen LogP contribution >= 0.6 is 0 Å². The van der Waals surface area contributed by atoms with E-state index in [1.54, 1.807) is 13.0 Å². The van der Waals surface area contributed by atoms with Crippen molar-refractivity contribution >= 4 is 11.6 Å². The highest BCUT2D eigenvalue weighted by Crippen LogP contribution is 2.34. The van der Waals surface area contributed by atoms with Gasteiger partial charge in [0, 0.05) is 37.2 Å². The van der Waals surface area contributed by atoms with Crippen LogP contribution in [0.3, 0.4) is 0 Å². The summed E-state index contributed by atoms with van der Waals surface area (Å²) in [5.74, 6) is 0.422. The lowest BCUT2D eigenvalue weighted by atomic mass is 9.93. The summed E-state index contributed by atoms with van der Waals surface area (Å²) in [5.41, 5.74) is 0.289. The Hall–Kier alpha value is -2.12. The van der Waals surface area contributed by atoms with Gasteiger partial charge in [-0.15, -0.1) is 0 Å². The van der Waals surface area contributed by atoms with Crippen molar-refractivity contribution in [3.8, 4) is 0 Å². The highest BCUT2D eigenvalue weighted by Gasteiger charge is 2.36. The highest BCUT2D eigenvalue weighted by atomic mass is 19.4. The van der Waals surface area contributed by atoms with Crippen molar-refractivity contribution in [2.24, 2.45) is 5.92 Å². The molecule has 2 aromatic rings. The maximum Gasteiger partial charge on any atom is 0.433 e. The number of hydrogen-bond donors (Lipinski definition) is 0. The molecular weight excluding hydrogens is 369 g/mol. The molecule has 2 aliphatic rings. The molecule has 2 fully saturated rings. The summed E-state index contributed by atoms with van der Waals surface area (Å²) < 4.78 is 41.5. The average molecular weight is 394 g/mol. The number of halogens is 3. The Kier molecular flexibility index (Phi) is 5.05. The van der Waals surface area contributed by atoms with E-state index in [0.29, 0.717) is 36.8 Å². The van der Waals surface area contributed by atoms with Crippen LogP contribution in [0.4, 0.5) is 13.2 Å². The van der Waals surface area contributed by atoms with Crippen LogP contribution in [0.25, 0.3) is 5.65 Å². The number of nitrogens with zero attached hydrogens (tertiary/aromatic N) is 4. The first kappa shape index (κ1) is 19.2. The minimum atomic E-state index is -4.51. The molecule has 4 rings (SSSR count). The monoisotopic (exact) mass is 394 g/mol. The van der Waals surface area contributed by atoms with E-state index in [1.165, 1.54) is 12.8 Å². The van der Waals surface area contributed by atoms with Crippen molar-refractivity contribution in [3.05, 3.63) is 29.2 Å². The van der Waals surface area contributed by atoms with E-state index in [4.69, 9.17) is 0 Å². The van der Waals surface area contributed by atoms with Crippen LogP contribution < -0.4 is 0 Å². The standard InChI is InChI=1S/C20H25F3N4O/c1-13-9-18-24-16(11-17(20(21,22)23)27(18)25-13)15-7-4-8-26(12-15)19(28)10-14-5-2-3-6-14/h9,11,14-15H,2-8,10,12H2,1H3. The molecule has 28 heavy (non-hydrogen) atoms. The molecule has 8 heteroatoms. The number of carbonyl (C=O) groups excluding carboxylic acids is 1. The summed E-state index contributed by atoms with van der Waals surface area (Å²) in [4.78, 5) is 19.0. The predicted octanol–water partition coefficient (Wildman–Crippen LogP) is 4.34. The van der Waals surface area contributed by atoms with Crippen LogP contribution in [0.5, 0.6) is 0 Å². The summed E-state index contributed by atoms with van der Waals surface area (Å²) >= 11 is 0. The van der Waals surface area contributed by atoms with Crippen molar-refractivity contribution < 1.29 is 18.0 Å². The van der Waals surface area contributed by atoms with E-state index in [-0.39, 0.29) is 17.5 Å². The number of alkyl halides is 3. The molecule has 1 saturated carbocycles. The van der Waals surface area contributed by atoms with E-state index in [2.05, 4.69) is 10.1 Å². The van der Waals surface area contributed by atoms with Gasteiger partial charge in [0.25, 0.3) is 0 Å². The lowest BCUT2D eigenvalue weighted by Crippen LogP contribution is -2.40. The molecule has 5 nitrogen and oxygen atoms in total. The lowest BCUT2D eigenvalue weighted by Gasteiger charge is -2.33. The molecule has 1 aliphatic carbocycles. The molecule has 3 heterocycles. The van der Waals surface area contributed by atoms with Gasteiger partial charge in [0.15, 0.2) is 5.65 Å². The first-order valence-corrected chi connectivity index (χ1v) is 10.0. The second-order valence-corrected chi connectivity index (χ2v) is 8.15. The van der Waals surface area contributed by atoms with Crippen LogP contribution in [0, 0.1) is 12.8 Å². The quantitative estimate of drug-likeness (QED) is 0.778. The van der Waals surface area contributed by atoms with E-state index in [1.807, 2.05) is 4.90 Å². The number of hydrogen-bond acceptors (Lipinski definition) is 3. The summed E-state index contributed by atoms with van der Waals surface area (Å²) in [7, 11) is 0. The SMILES string of the molecule is Cc1cc2nc(C3CCCN(C(=O)CC4CCCC4)C3)cc(C(F)(F)F)n2n1. The zero-order valence-electron chi connectivity index (χ0n) is 16.0. The van der Waals surface area contributed by atoms with Crippen molar-refractivity contribution in [2.45, 2.75) is 64.0 Å². The Morgan fingerprint density at radius 2 is 1.93 bits per heavy atom. The second kappa shape index (κ2) is 7.37. The summed E-state index contributed by atoms with van der Waals surface area (Å²) in [5, 5.41) is 3.94. The average Bonchev–Trinajstić information content (AvgIpc) is 3.28. The maximum absolute atomic E-state index is 13.6. The first-order valence-electron chi connectivity index (χ1n) is 10.0. The molecule has 2 aromatic heterocycles. The van der Waals surface area contributed by atoms with Gasteiger partial charge in [-0.3, -0.25) is 4.79 Å². The number of amides is 1. The van der Waals surface area contributed by atoms with Gasteiger partial charge in [0.05, 0.1) is 5.69 Å². The van der Waals surface area contributed by atoms with Crippen molar-refractivity contribution in [1.82, 2.24) is 19.5 Å².